The molecule has 0 saturated carbocycles. The average molecular weight is 309 g/mol. The van der Waals surface area contributed by atoms with Crippen molar-refractivity contribution in [2.75, 3.05) is 4.90 Å². The van der Waals surface area contributed by atoms with Gasteiger partial charge in [-0.15, -0.1) is 0 Å². The van der Waals surface area contributed by atoms with Gasteiger partial charge < -0.3 is 0 Å². The number of allylic oxidation sites excluding steroid dienone is 2. The van der Waals surface area contributed by atoms with Crippen molar-refractivity contribution in [1.29, 1.82) is 0 Å². The Bertz CT molecular complexity index is 702. The Kier molecular flexibility index (Phi) is 3.22. The smallest absolute Gasteiger partial charge is 0.238 e. The molecule has 3 nitrogen and oxygen atoms in total. The number of hydrogen-bond donors (Lipinski definition) is 0. The van der Waals surface area contributed by atoms with Gasteiger partial charge in [-0.3, -0.25) is 14.5 Å². The number of carbonyl (C=O) groups excluding carboxylic acids is 2. The van der Waals surface area contributed by atoms with Crippen molar-refractivity contribution in [3.63, 3.8) is 0 Å². The van der Waals surface area contributed by atoms with Crippen molar-refractivity contribution in [2.45, 2.75) is 46.0 Å². The minimum absolute atomic E-state index is 0.000812. The van der Waals surface area contributed by atoms with Gasteiger partial charge in [-0.1, -0.05) is 43.2 Å². The molecule has 3 heteroatoms. The number of fused-ring (bicyclic) bond motifs is 1. The third-order valence-electron chi connectivity index (χ3n) is 5.99. The summed E-state index contributed by atoms with van der Waals surface area (Å²) in [6, 6.07) is 9.37. The summed E-state index contributed by atoms with van der Waals surface area (Å²) in [7, 11) is 0. The van der Waals surface area contributed by atoms with Gasteiger partial charge in [0.25, 0.3) is 0 Å². The fraction of sp³-hybridized carbons (Fsp3) is 0.500. The molecule has 1 heterocycles. The SMILES string of the molecule is CC1(C)CCCC2=C1C[C@H]1C(=O)N(c3ccccc3)C(=O)[C@H]1C2. The van der Waals surface area contributed by atoms with Gasteiger partial charge in [0.15, 0.2) is 0 Å². The summed E-state index contributed by atoms with van der Waals surface area (Å²) < 4.78 is 0. The first kappa shape index (κ1) is 14.7. The van der Waals surface area contributed by atoms with Gasteiger partial charge in [-0.2, -0.15) is 0 Å². The van der Waals surface area contributed by atoms with Crippen molar-refractivity contribution < 1.29 is 9.59 Å². The van der Waals surface area contributed by atoms with Gasteiger partial charge in [0.05, 0.1) is 17.5 Å². The van der Waals surface area contributed by atoms with E-state index in [0.29, 0.717) is 5.69 Å². The molecule has 1 aliphatic heterocycles. The number of para-hydroxylation sites is 1. The Morgan fingerprint density at radius 2 is 1.65 bits per heavy atom. The maximum atomic E-state index is 12.9. The Morgan fingerprint density at radius 1 is 1.00 bits per heavy atom. The van der Waals surface area contributed by atoms with E-state index in [1.807, 2.05) is 30.3 Å². The summed E-state index contributed by atoms with van der Waals surface area (Å²) in [5, 5.41) is 0. The summed E-state index contributed by atoms with van der Waals surface area (Å²) in [6.07, 6.45) is 5.06. The van der Waals surface area contributed by atoms with Crippen LogP contribution in [0.4, 0.5) is 5.69 Å². The highest BCUT2D eigenvalue weighted by Gasteiger charge is 2.52. The monoisotopic (exact) mass is 309 g/mol. The summed E-state index contributed by atoms with van der Waals surface area (Å²) >= 11 is 0. The number of rotatable bonds is 1. The summed E-state index contributed by atoms with van der Waals surface area (Å²) in [5.41, 5.74) is 3.82. The highest BCUT2D eigenvalue weighted by atomic mass is 16.2. The molecule has 23 heavy (non-hydrogen) atoms. The van der Waals surface area contributed by atoms with Gasteiger partial charge in [0, 0.05) is 0 Å². The minimum Gasteiger partial charge on any atom is -0.274 e. The number of hydrogen-bond acceptors (Lipinski definition) is 2. The molecule has 0 bridgehead atoms. The van der Waals surface area contributed by atoms with Crippen molar-refractivity contribution in [3.8, 4) is 0 Å². The van der Waals surface area contributed by atoms with Crippen LogP contribution in [0.5, 0.6) is 0 Å². The van der Waals surface area contributed by atoms with E-state index in [1.54, 1.807) is 0 Å². The minimum atomic E-state index is -0.154. The topological polar surface area (TPSA) is 37.4 Å². The first-order valence-electron chi connectivity index (χ1n) is 8.63. The first-order chi connectivity index (χ1) is 11.0. The number of imide groups is 1. The number of carbonyl (C=O) groups is 2. The Labute approximate surface area is 137 Å². The van der Waals surface area contributed by atoms with Crippen molar-refractivity contribution in [2.24, 2.45) is 17.3 Å². The van der Waals surface area contributed by atoms with Crippen LogP contribution in [0.15, 0.2) is 41.5 Å². The molecule has 1 saturated heterocycles. The Hall–Kier alpha value is -1.90. The van der Waals surface area contributed by atoms with Crippen LogP contribution < -0.4 is 4.90 Å². The van der Waals surface area contributed by atoms with Gasteiger partial charge in [0.2, 0.25) is 11.8 Å². The van der Waals surface area contributed by atoms with Crippen LogP contribution in [0.2, 0.25) is 0 Å². The van der Waals surface area contributed by atoms with E-state index in [9.17, 15) is 9.59 Å². The van der Waals surface area contributed by atoms with Gasteiger partial charge in [-0.05, 0) is 49.7 Å². The predicted octanol–water partition coefficient (Wildman–Crippen LogP) is 4.09. The summed E-state index contributed by atoms with van der Waals surface area (Å²) in [4.78, 5) is 27.2. The fourth-order valence-electron chi connectivity index (χ4n) is 4.73. The van der Waals surface area contributed by atoms with Crippen LogP contribution in [-0.2, 0) is 9.59 Å². The number of amides is 2. The Morgan fingerprint density at radius 3 is 2.35 bits per heavy atom. The molecule has 0 radical (unpaired) electrons. The lowest BCUT2D eigenvalue weighted by Gasteiger charge is -2.40. The number of anilines is 1. The zero-order valence-corrected chi connectivity index (χ0v) is 13.8. The van der Waals surface area contributed by atoms with Crippen molar-refractivity contribution >= 4 is 17.5 Å². The molecule has 2 atom stereocenters. The van der Waals surface area contributed by atoms with Crippen LogP contribution in [0, 0.1) is 17.3 Å². The third kappa shape index (κ3) is 2.17. The molecular formula is C20H23NO2. The highest BCUT2D eigenvalue weighted by molar-refractivity contribution is 6.22. The Balaban J connectivity index is 1.69. The molecule has 1 aromatic rings. The maximum Gasteiger partial charge on any atom is 0.238 e. The van der Waals surface area contributed by atoms with Crippen LogP contribution in [0.1, 0.15) is 46.0 Å². The fourth-order valence-corrected chi connectivity index (χ4v) is 4.73. The van der Waals surface area contributed by atoms with Crippen molar-refractivity contribution in [3.05, 3.63) is 41.5 Å². The van der Waals surface area contributed by atoms with E-state index in [-0.39, 0.29) is 29.1 Å². The van der Waals surface area contributed by atoms with E-state index >= 15 is 0 Å². The molecule has 2 aliphatic carbocycles. The second-order valence-electron chi connectivity index (χ2n) is 7.79. The lowest BCUT2D eigenvalue weighted by atomic mass is 9.63. The van der Waals surface area contributed by atoms with E-state index in [1.165, 1.54) is 28.9 Å². The quantitative estimate of drug-likeness (QED) is 0.579. The average Bonchev–Trinajstić information content (AvgIpc) is 2.78. The first-order valence-corrected chi connectivity index (χ1v) is 8.63. The zero-order valence-electron chi connectivity index (χ0n) is 13.8. The molecule has 0 unspecified atom stereocenters. The molecular weight excluding hydrogens is 286 g/mol. The van der Waals surface area contributed by atoms with Crippen LogP contribution in [0.3, 0.4) is 0 Å². The predicted molar refractivity (Wildman–Crippen MR) is 89.8 cm³/mol. The molecule has 2 amide bonds. The number of benzene rings is 1. The highest BCUT2D eigenvalue weighted by Crippen LogP contribution is 2.52. The van der Waals surface area contributed by atoms with E-state index in [2.05, 4.69) is 13.8 Å². The second-order valence-corrected chi connectivity index (χ2v) is 7.79. The van der Waals surface area contributed by atoms with Crippen molar-refractivity contribution in [1.82, 2.24) is 0 Å². The zero-order chi connectivity index (χ0) is 16.2. The lowest BCUT2D eigenvalue weighted by Crippen LogP contribution is -2.32. The maximum absolute atomic E-state index is 12.9. The third-order valence-corrected chi connectivity index (χ3v) is 5.99. The summed E-state index contributed by atoms with van der Waals surface area (Å²) in [6.45, 7) is 4.58. The largest absolute Gasteiger partial charge is 0.274 e. The summed E-state index contributed by atoms with van der Waals surface area (Å²) in [5.74, 6) is -0.297. The van der Waals surface area contributed by atoms with E-state index in [4.69, 9.17) is 0 Å². The van der Waals surface area contributed by atoms with E-state index in [0.717, 1.165) is 19.3 Å². The van der Waals surface area contributed by atoms with Gasteiger partial charge in [-0.25, -0.2) is 0 Å². The normalized spacial score (nSPS) is 29.6. The second kappa shape index (κ2) is 5.05. The molecule has 0 spiro atoms. The van der Waals surface area contributed by atoms with Gasteiger partial charge >= 0.3 is 0 Å². The standard InChI is InChI=1S/C20H23NO2/c1-20(2)10-6-7-13-11-15-16(12-17(13)20)19(23)21(18(15)22)14-8-4-3-5-9-14/h3-5,8-9,15-16H,6-7,10-12H2,1-2H3/t15-,16+/m0/s1. The van der Waals surface area contributed by atoms with Crippen LogP contribution >= 0.6 is 0 Å². The molecule has 0 aromatic heterocycles. The number of nitrogens with zero attached hydrogens (tertiary/aromatic N) is 1. The lowest BCUT2D eigenvalue weighted by molar-refractivity contribution is -0.122. The van der Waals surface area contributed by atoms with Crippen LogP contribution in [-0.4, -0.2) is 11.8 Å². The molecule has 4 rings (SSSR count). The van der Waals surface area contributed by atoms with E-state index < -0.39 is 0 Å². The molecule has 1 aromatic carbocycles. The van der Waals surface area contributed by atoms with Crippen LogP contribution in [0.25, 0.3) is 0 Å². The molecule has 3 aliphatic rings. The molecule has 1 fully saturated rings. The molecule has 120 valence electrons. The van der Waals surface area contributed by atoms with Gasteiger partial charge in [0.1, 0.15) is 0 Å². The molecule has 0 N–H and O–H groups in total.